The van der Waals surface area contributed by atoms with E-state index in [9.17, 15) is 19.7 Å². The van der Waals surface area contributed by atoms with Crippen molar-refractivity contribution in [3.63, 3.8) is 0 Å². The molecule has 0 aliphatic carbocycles. The molecule has 0 unspecified atom stereocenters. The molecule has 1 aromatic heterocycles. The van der Waals surface area contributed by atoms with E-state index in [-0.39, 0.29) is 18.9 Å². The van der Waals surface area contributed by atoms with E-state index in [4.69, 9.17) is 13.9 Å². The van der Waals surface area contributed by atoms with Gasteiger partial charge in [0.25, 0.3) is 11.8 Å². The zero-order valence-corrected chi connectivity index (χ0v) is 13.8. The standard InChI is InChI=1S/C16H14N4O7/c21-14(19-18-7-10-5-6-15(26-10)20(23)24)8-17-16(22)13-9-25-11-3-1-2-4-12(11)27-13/h1-7,13H,8-9H2,(H,17,22)(H,19,21)/b18-7-/t13-/m1/s1. The van der Waals surface area contributed by atoms with Gasteiger partial charge in [-0.3, -0.25) is 19.7 Å². The lowest BCUT2D eigenvalue weighted by molar-refractivity contribution is -0.402. The Morgan fingerprint density at radius 1 is 1.26 bits per heavy atom. The number of carbonyl (C=O) groups excluding carboxylic acids is 2. The first-order valence-electron chi connectivity index (χ1n) is 7.75. The first-order valence-corrected chi connectivity index (χ1v) is 7.75. The fourth-order valence-electron chi connectivity index (χ4n) is 2.15. The molecular weight excluding hydrogens is 360 g/mol. The number of furan rings is 1. The maximum Gasteiger partial charge on any atom is 0.433 e. The summed E-state index contributed by atoms with van der Waals surface area (Å²) in [6, 6.07) is 9.43. The van der Waals surface area contributed by atoms with E-state index in [1.807, 2.05) is 0 Å². The third-order valence-corrected chi connectivity index (χ3v) is 3.40. The molecule has 1 aliphatic rings. The van der Waals surface area contributed by atoms with Crippen molar-refractivity contribution in [2.75, 3.05) is 13.2 Å². The Balaban J connectivity index is 1.43. The number of hydrogen-bond acceptors (Lipinski definition) is 8. The first kappa shape index (κ1) is 17.9. The molecule has 2 N–H and O–H groups in total. The summed E-state index contributed by atoms with van der Waals surface area (Å²) in [6.07, 6.45) is 0.224. The molecule has 0 fully saturated rings. The van der Waals surface area contributed by atoms with Gasteiger partial charge in [0.2, 0.25) is 6.10 Å². The molecular formula is C16H14N4O7. The maximum absolute atomic E-state index is 12.1. The number of rotatable bonds is 6. The Morgan fingerprint density at radius 2 is 2.04 bits per heavy atom. The Kier molecular flexibility index (Phi) is 5.30. The highest BCUT2D eigenvalue weighted by Gasteiger charge is 2.27. The van der Waals surface area contributed by atoms with Gasteiger partial charge in [-0.2, -0.15) is 5.10 Å². The number of nitrogens with zero attached hydrogens (tertiary/aromatic N) is 2. The Morgan fingerprint density at radius 3 is 2.78 bits per heavy atom. The highest BCUT2D eigenvalue weighted by atomic mass is 16.6. The Bertz CT molecular complexity index is 892. The van der Waals surface area contributed by atoms with Gasteiger partial charge in [-0.15, -0.1) is 0 Å². The second-order valence-corrected chi connectivity index (χ2v) is 5.31. The van der Waals surface area contributed by atoms with Gasteiger partial charge in [-0.25, -0.2) is 5.43 Å². The smallest absolute Gasteiger partial charge is 0.433 e. The molecule has 0 bridgehead atoms. The number of para-hydroxylation sites is 2. The van der Waals surface area contributed by atoms with Crippen LogP contribution in [0.1, 0.15) is 5.76 Å². The Labute approximate surface area is 152 Å². The van der Waals surface area contributed by atoms with E-state index >= 15 is 0 Å². The highest BCUT2D eigenvalue weighted by molar-refractivity contribution is 5.88. The van der Waals surface area contributed by atoms with Crippen LogP contribution in [0.5, 0.6) is 11.5 Å². The first-order chi connectivity index (χ1) is 13.0. The summed E-state index contributed by atoms with van der Waals surface area (Å²) in [5, 5.41) is 16.5. The minimum atomic E-state index is -0.875. The molecule has 0 spiro atoms. The fraction of sp³-hybridized carbons (Fsp3) is 0.188. The average molecular weight is 374 g/mol. The molecule has 1 aromatic carbocycles. The summed E-state index contributed by atoms with van der Waals surface area (Å²) in [7, 11) is 0. The third-order valence-electron chi connectivity index (χ3n) is 3.40. The van der Waals surface area contributed by atoms with Crippen LogP contribution >= 0.6 is 0 Å². The molecule has 0 radical (unpaired) electrons. The predicted molar refractivity (Wildman–Crippen MR) is 90.5 cm³/mol. The van der Waals surface area contributed by atoms with Crippen molar-refractivity contribution in [3.8, 4) is 11.5 Å². The van der Waals surface area contributed by atoms with E-state index in [1.54, 1.807) is 24.3 Å². The quantitative estimate of drug-likeness (QED) is 0.427. The molecule has 27 heavy (non-hydrogen) atoms. The summed E-state index contributed by atoms with van der Waals surface area (Å²) < 4.78 is 15.8. The predicted octanol–water partition coefficient (Wildman–Crippen LogP) is 0.594. The largest absolute Gasteiger partial charge is 0.485 e. The molecule has 1 atom stereocenters. The van der Waals surface area contributed by atoms with Crippen LogP contribution in [0.25, 0.3) is 0 Å². The molecule has 2 heterocycles. The van der Waals surface area contributed by atoms with E-state index in [0.717, 1.165) is 12.3 Å². The zero-order valence-electron chi connectivity index (χ0n) is 13.8. The third kappa shape index (κ3) is 4.60. The molecule has 140 valence electrons. The van der Waals surface area contributed by atoms with Gasteiger partial charge in [0.05, 0.1) is 18.8 Å². The summed E-state index contributed by atoms with van der Waals surface area (Å²) in [6.45, 7) is -0.310. The van der Waals surface area contributed by atoms with Crippen molar-refractivity contribution in [1.29, 1.82) is 0 Å². The number of hydrogen-bond donors (Lipinski definition) is 2. The molecule has 1 aliphatic heterocycles. The van der Waals surface area contributed by atoms with Crippen LogP contribution < -0.4 is 20.2 Å². The molecule has 2 aromatic rings. The average Bonchev–Trinajstić information content (AvgIpc) is 3.15. The summed E-state index contributed by atoms with van der Waals surface area (Å²) in [5.41, 5.74) is 2.16. The molecule has 3 rings (SSSR count). The van der Waals surface area contributed by atoms with Gasteiger partial charge in [0.15, 0.2) is 17.3 Å². The lowest BCUT2D eigenvalue weighted by atomic mass is 10.2. The SMILES string of the molecule is O=C(CNC(=O)[C@H]1COc2ccccc2O1)N/N=C\c1ccc([N+](=O)[O-])o1. The lowest BCUT2D eigenvalue weighted by Gasteiger charge is -2.25. The number of hydrazone groups is 1. The van der Waals surface area contributed by atoms with E-state index in [2.05, 4.69) is 15.8 Å². The highest BCUT2D eigenvalue weighted by Crippen LogP contribution is 2.30. The van der Waals surface area contributed by atoms with E-state index < -0.39 is 28.7 Å². The molecule has 11 nitrogen and oxygen atoms in total. The molecule has 0 saturated carbocycles. The van der Waals surface area contributed by atoms with Crippen molar-refractivity contribution in [3.05, 3.63) is 52.3 Å². The van der Waals surface area contributed by atoms with Crippen LogP contribution in [0.2, 0.25) is 0 Å². The Hall–Kier alpha value is -3.89. The van der Waals surface area contributed by atoms with Crippen LogP contribution in [-0.2, 0) is 9.59 Å². The summed E-state index contributed by atoms with van der Waals surface area (Å²) in [5.74, 6) is -0.455. The number of amides is 2. The normalized spacial score (nSPS) is 15.3. The van der Waals surface area contributed by atoms with Gasteiger partial charge in [-0.05, 0) is 18.2 Å². The van der Waals surface area contributed by atoms with E-state index in [0.29, 0.717) is 11.5 Å². The van der Waals surface area contributed by atoms with E-state index in [1.165, 1.54) is 6.07 Å². The van der Waals surface area contributed by atoms with Crippen molar-refractivity contribution < 1.29 is 28.4 Å². The van der Waals surface area contributed by atoms with Crippen molar-refractivity contribution in [1.82, 2.24) is 10.7 Å². The van der Waals surface area contributed by atoms with Gasteiger partial charge in [-0.1, -0.05) is 12.1 Å². The minimum Gasteiger partial charge on any atom is -0.485 e. The monoisotopic (exact) mass is 374 g/mol. The number of fused-ring (bicyclic) bond motifs is 1. The number of nitrogens with one attached hydrogen (secondary N) is 2. The topological polar surface area (TPSA) is 145 Å². The maximum atomic E-state index is 12.1. The van der Waals surface area contributed by atoms with Crippen molar-refractivity contribution >= 4 is 23.9 Å². The van der Waals surface area contributed by atoms with Gasteiger partial charge >= 0.3 is 5.88 Å². The number of carbonyl (C=O) groups is 2. The number of benzene rings is 1. The van der Waals surface area contributed by atoms with Crippen LogP contribution in [0.3, 0.4) is 0 Å². The number of nitro groups is 1. The second kappa shape index (κ2) is 7.99. The van der Waals surface area contributed by atoms with Crippen LogP contribution in [0.4, 0.5) is 5.88 Å². The van der Waals surface area contributed by atoms with Crippen molar-refractivity contribution in [2.45, 2.75) is 6.10 Å². The van der Waals surface area contributed by atoms with Crippen LogP contribution in [-0.4, -0.2) is 42.2 Å². The number of ether oxygens (including phenoxy) is 2. The van der Waals surface area contributed by atoms with Crippen LogP contribution in [0, 0.1) is 10.1 Å². The van der Waals surface area contributed by atoms with Gasteiger partial charge in [0.1, 0.15) is 11.5 Å². The molecule has 0 saturated heterocycles. The summed E-state index contributed by atoms with van der Waals surface area (Å²) in [4.78, 5) is 33.5. The minimum absolute atomic E-state index is 0.0277. The summed E-state index contributed by atoms with van der Waals surface area (Å²) >= 11 is 0. The van der Waals surface area contributed by atoms with Gasteiger partial charge in [0, 0.05) is 0 Å². The van der Waals surface area contributed by atoms with Crippen molar-refractivity contribution in [2.24, 2.45) is 5.10 Å². The van der Waals surface area contributed by atoms with Crippen LogP contribution in [0.15, 0.2) is 45.9 Å². The zero-order chi connectivity index (χ0) is 19.2. The second-order valence-electron chi connectivity index (χ2n) is 5.31. The fourth-order valence-corrected chi connectivity index (χ4v) is 2.15. The lowest BCUT2D eigenvalue weighted by Crippen LogP contribution is -2.46. The molecule has 2 amide bonds. The van der Waals surface area contributed by atoms with Gasteiger partial charge < -0.3 is 19.2 Å². The molecule has 11 heteroatoms.